The third-order valence-corrected chi connectivity index (χ3v) is 5.04. The molecule has 1 aliphatic rings. The lowest BCUT2D eigenvalue weighted by atomic mass is 9.82. The van der Waals surface area contributed by atoms with Crippen molar-refractivity contribution in [3.8, 4) is 0 Å². The van der Waals surface area contributed by atoms with Gasteiger partial charge in [0.2, 0.25) is 5.89 Å². The molecule has 0 radical (unpaired) electrons. The van der Waals surface area contributed by atoms with Gasteiger partial charge < -0.3 is 10.3 Å². The van der Waals surface area contributed by atoms with Crippen LogP contribution in [0.15, 0.2) is 4.52 Å². The van der Waals surface area contributed by atoms with E-state index in [9.17, 15) is 0 Å². The number of nitrogens with zero attached hydrogens (tertiary/aromatic N) is 2. The molecule has 4 nitrogen and oxygen atoms in total. The van der Waals surface area contributed by atoms with Crippen LogP contribution in [0, 0.1) is 0 Å². The molecule has 5 heteroatoms. The maximum atomic E-state index is 6.37. The van der Waals surface area contributed by atoms with Gasteiger partial charge in [-0.25, -0.2) is 0 Å². The van der Waals surface area contributed by atoms with E-state index in [4.69, 9.17) is 10.3 Å². The van der Waals surface area contributed by atoms with Crippen LogP contribution in [0.25, 0.3) is 0 Å². The van der Waals surface area contributed by atoms with Gasteiger partial charge in [0.05, 0.1) is 11.3 Å². The first-order chi connectivity index (χ1) is 8.64. The van der Waals surface area contributed by atoms with Crippen molar-refractivity contribution >= 4 is 11.8 Å². The molecule has 1 aromatic heterocycles. The van der Waals surface area contributed by atoms with Crippen molar-refractivity contribution in [1.29, 1.82) is 0 Å². The smallest absolute Gasteiger partial charge is 0.246 e. The molecule has 2 rings (SSSR count). The molecule has 0 aliphatic heterocycles. The van der Waals surface area contributed by atoms with Crippen molar-refractivity contribution in [2.24, 2.45) is 5.73 Å². The van der Waals surface area contributed by atoms with E-state index in [1.54, 1.807) is 0 Å². The summed E-state index contributed by atoms with van der Waals surface area (Å²) in [5.74, 6) is 2.24. The summed E-state index contributed by atoms with van der Waals surface area (Å²) in [6.45, 7) is 4.41. The molecule has 1 saturated carbocycles. The first-order valence-electron chi connectivity index (χ1n) is 6.87. The molecule has 2 N–H and O–H groups in total. The maximum absolute atomic E-state index is 6.37. The summed E-state index contributed by atoms with van der Waals surface area (Å²) in [7, 11) is 0. The zero-order valence-electron chi connectivity index (χ0n) is 11.3. The summed E-state index contributed by atoms with van der Waals surface area (Å²) >= 11 is 1.86. The summed E-state index contributed by atoms with van der Waals surface area (Å²) < 4.78 is 5.37. The molecular formula is C13H23N3OS. The summed E-state index contributed by atoms with van der Waals surface area (Å²) in [5.41, 5.74) is 6.00. The Balaban J connectivity index is 1.96. The van der Waals surface area contributed by atoms with Crippen LogP contribution >= 0.6 is 11.8 Å². The summed E-state index contributed by atoms with van der Waals surface area (Å²) in [4.78, 5) is 4.49. The normalized spacial score (nSPS) is 20.8. The highest BCUT2D eigenvalue weighted by Crippen LogP contribution is 2.34. The van der Waals surface area contributed by atoms with Crippen molar-refractivity contribution in [2.45, 2.75) is 68.9 Å². The van der Waals surface area contributed by atoms with E-state index < -0.39 is 0 Å². The monoisotopic (exact) mass is 269 g/mol. The molecule has 1 atom stereocenters. The lowest BCUT2D eigenvalue weighted by Gasteiger charge is -2.29. The van der Waals surface area contributed by atoms with Gasteiger partial charge in [-0.1, -0.05) is 38.3 Å². The summed E-state index contributed by atoms with van der Waals surface area (Å²) in [6, 6.07) is 0. The van der Waals surface area contributed by atoms with Crippen LogP contribution in [0.1, 0.15) is 64.1 Å². The molecule has 0 amide bonds. The highest BCUT2D eigenvalue weighted by molar-refractivity contribution is 7.99. The minimum Gasteiger partial charge on any atom is -0.337 e. The Morgan fingerprint density at radius 3 is 2.78 bits per heavy atom. The van der Waals surface area contributed by atoms with Gasteiger partial charge in [-0.15, -0.1) is 0 Å². The number of rotatable bonds is 5. The maximum Gasteiger partial charge on any atom is 0.246 e. The van der Waals surface area contributed by atoms with Crippen molar-refractivity contribution in [3.63, 3.8) is 0 Å². The molecule has 0 saturated heterocycles. The minimum absolute atomic E-state index is 0.370. The van der Waals surface area contributed by atoms with Crippen LogP contribution < -0.4 is 5.73 Å². The highest BCUT2D eigenvalue weighted by Gasteiger charge is 2.35. The van der Waals surface area contributed by atoms with Gasteiger partial charge in [-0.3, -0.25) is 0 Å². The lowest BCUT2D eigenvalue weighted by molar-refractivity contribution is 0.219. The molecule has 1 fully saturated rings. The molecule has 1 unspecified atom stereocenters. The Hall–Kier alpha value is -0.550. The minimum atomic E-state index is -0.370. The van der Waals surface area contributed by atoms with Gasteiger partial charge in [0.25, 0.3) is 0 Å². The second-order valence-electron chi connectivity index (χ2n) is 5.26. The Morgan fingerprint density at radius 2 is 2.11 bits per heavy atom. The fraction of sp³-hybridized carbons (Fsp3) is 0.846. The molecule has 0 spiro atoms. The van der Waals surface area contributed by atoms with E-state index >= 15 is 0 Å². The van der Waals surface area contributed by atoms with Gasteiger partial charge in [0.15, 0.2) is 5.82 Å². The van der Waals surface area contributed by atoms with Gasteiger partial charge in [-0.2, -0.15) is 16.7 Å². The fourth-order valence-corrected chi connectivity index (χ4v) is 3.03. The Morgan fingerprint density at radius 1 is 1.39 bits per heavy atom. The molecule has 18 heavy (non-hydrogen) atoms. The number of thioether (sulfide) groups is 1. The molecule has 1 aromatic rings. The third kappa shape index (κ3) is 3.26. The predicted octanol–water partition coefficient (Wildman–Crippen LogP) is 3.22. The number of hydrogen-bond acceptors (Lipinski definition) is 5. The summed E-state index contributed by atoms with van der Waals surface area (Å²) in [6.07, 6.45) is 6.69. The Kier molecular flexibility index (Phi) is 4.67. The van der Waals surface area contributed by atoms with Gasteiger partial charge in [0, 0.05) is 5.25 Å². The summed E-state index contributed by atoms with van der Waals surface area (Å²) in [5, 5.41) is 4.69. The second kappa shape index (κ2) is 6.06. The first kappa shape index (κ1) is 13.9. The average molecular weight is 269 g/mol. The van der Waals surface area contributed by atoms with Crippen molar-refractivity contribution < 1.29 is 4.52 Å². The van der Waals surface area contributed by atoms with Crippen LogP contribution in [0.3, 0.4) is 0 Å². The SMILES string of the molecule is CCC(C)SCc1noc(C2(N)CCCCC2)n1. The Labute approximate surface area is 113 Å². The lowest BCUT2D eigenvalue weighted by Crippen LogP contribution is -2.39. The molecular weight excluding hydrogens is 246 g/mol. The topological polar surface area (TPSA) is 64.9 Å². The Bertz CT molecular complexity index is 374. The van der Waals surface area contributed by atoms with Gasteiger partial charge in [-0.05, 0) is 19.3 Å². The van der Waals surface area contributed by atoms with Crippen LogP contribution in [0.5, 0.6) is 0 Å². The molecule has 0 bridgehead atoms. The highest BCUT2D eigenvalue weighted by atomic mass is 32.2. The van der Waals surface area contributed by atoms with E-state index in [-0.39, 0.29) is 5.54 Å². The fourth-order valence-electron chi connectivity index (χ4n) is 2.25. The van der Waals surface area contributed by atoms with Crippen LogP contribution in [-0.4, -0.2) is 15.4 Å². The zero-order valence-corrected chi connectivity index (χ0v) is 12.1. The second-order valence-corrected chi connectivity index (χ2v) is 6.69. The molecule has 1 heterocycles. The quantitative estimate of drug-likeness (QED) is 0.889. The van der Waals surface area contributed by atoms with E-state index in [1.807, 2.05) is 11.8 Å². The third-order valence-electron chi connectivity index (χ3n) is 3.71. The number of hydrogen-bond donors (Lipinski definition) is 1. The van der Waals surface area contributed by atoms with E-state index in [2.05, 4.69) is 24.0 Å². The van der Waals surface area contributed by atoms with E-state index in [1.165, 1.54) is 6.42 Å². The van der Waals surface area contributed by atoms with E-state index in [0.29, 0.717) is 11.1 Å². The standard InChI is InChI=1S/C13H23N3OS/c1-3-10(2)18-9-11-15-12(17-16-11)13(14)7-5-4-6-8-13/h10H,3-9,14H2,1-2H3. The number of aromatic nitrogens is 2. The van der Waals surface area contributed by atoms with Gasteiger partial charge in [0.1, 0.15) is 0 Å². The molecule has 1 aliphatic carbocycles. The van der Waals surface area contributed by atoms with Gasteiger partial charge >= 0.3 is 0 Å². The van der Waals surface area contributed by atoms with E-state index in [0.717, 1.165) is 43.7 Å². The average Bonchev–Trinajstić information content (AvgIpc) is 2.86. The predicted molar refractivity (Wildman–Crippen MR) is 74.3 cm³/mol. The first-order valence-corrected chi connectivity index (χ1v) is 7.92. The van der Waals surface area contributed by atoms with Crippen LogP contribution in [0.4, 0.5) is 0 Å². The van der Waals surface area contributed by atoms with Crippen LogP contribution in [-0.2, 0) is 11.3 Å². The van der Waals surface area contributed by atoms with Crippen molar-refractivity contribution in [1.82, 2.24) is 10.1 Å². The molecule has 102 valence electrons. The largest absolute Gasteiger partial charge is 0.337 e. The number of nitrogens with two attached hydrogens (primary N) is 1. The van der Waals surface area contributed by atoms with Crippen LogP contribution in [0.2, 0.25) is 0 Å². The zero-order chi connectivity index (χ0) is 13.0. The van der Waals surface area contributed by atoms with Crippen molar-refractivity contribution in [2.75, 3.05) is 0 Å². The molecule has 0 aromatic carbocycles. The van der Waals surface area contributed by atoms with Crippen molar-refractivity contribution in [3.05, 3.63) is 11.7 Å².